The number of hydrogen-bond donors (Lipinski definition) is 3. The summed E-state index contributed by atoms with van der Waals surface area (Å²) in [6, 6.07) is 0. The van der Waals surface area contributed by atoms with Crippen LogP contribution in [0, 0.1) is 0 Å². The van der Waals surface area contributed by atoms with E-state index >= 15 is 0 Å². The van der Waals surface area contributed by atoms with Crippen LogP contribution in [-0.4, -0.2) is 15.4 Å². The Balaban J connectivity index is 3.91. The van der Waals surface area contributed by atoms with Crippen LogP contribution in [-0.2, 0) is 15.6 Å². The average Bonchev–Trinajstić information content (AvgIpc) is 1.67. The van der Waals surface area contributed by atoms with Gasteiger partial charge in [-0.1, -0.05) is 0 Å². The monoisotopic (exact) mass is 158 g/mol. The van der Waals surface area contributed by atoms with Crippen molar-refractivity contribution in [3.8, 4) is 0 Å². The van der Waals surface area contributed by atoms with E-state index in [4.69, 9.17) is 16.6 Å². The van der Waals surface area contributed by atoms with Crippen LogP contribution in [0.4, 0.5) is 0 Å². The molecule has 0 aliphatic carbocycles. The van der Waals surface area contributed by atoms with Crippen LogP contribution in [0.15, 0.2) is 0 Å². The molecule has 0 aromatic carbocycles. The third-order valence-electron chi connectivity index (χ3n) is 0.942. The molecule has 0 amide bonds. The molecule has 0 spiro atoms. The van der Waals surface area contributed by atoms with Gasteiger partial charge in [0.05, 0.1) is 0 Å². The first-order chi connectivity index (χ1) is 3.50. The van der Waals surface area contributed by atoms with E-state index in [1.807, 2.05) is 0 Å². The summed E-state index contributed by atoms with van der Waals surface area (Å²) in [5, 5.41) is 8.95. The predicted octanol–water partition coefficient (Wildman–Crippen LogP) is -1.32. The zero-order chi connectivity index (χ0) is 6.78. The van der Waals surface area contributed by atoms with Crippen LogP contribution in [0.1, 0.15) is 13.3 Å². The molecule has 0 aliphatic heterocycles. The molecule has 1 atom stereocenters. The summed E-state index contributed by atoms with van der Waals surface area (Å²) >= 11 is 3.30. The summed E-state index contributed by atoms with van der Waals surface area (Å²) in [7, 11) is 0. The van der Waals surface area contributed by atoms with E-state index in [-0.39, 0.29) is 4.54 Å². The van der Waals surface area contributed by atoms with Crippen LogP contribution in [0.5, 0.6) is 0 Å². The molecule has 3 nitrogen and oxygen atoms in total. The predicted molar refractivity (Wildman–Crippen MR) is 28.6 cm³/mol. The minimum atomic E-state index is -1.38. The van der Waals surface area contributed by atoms with Crippen LogP contribution < -0.4 is 11.5 Å². The van der Waals surface area contributed by atoms with E-state index in [2.05, 4.69) is 15.6 Å². The molecule has 4 heteroatoms. The van der Waals surface area contributed by atoms with Crippen molar-refractivity contribution in [3.63, 3.8) is 0 Å². The fourth-order valence-electron chi connectivity index (χ4n) is 0.165. The average molecular weight is 158 g/mol. The van der Waals surface area contributed by atoms with Gasteiger partial charge in [0, 0.05) is 0 Å². The third-order valence-corrected chi connectivity index (χ3v) is 1.42. The minimum absolute atomic E-state index is 0.111. The van der Waals surface area contributed by atoms with Gasteiger partial charge in [0.1, 0.15) is 0 Å². The normalized spacial score (nSPS) is 17.6. The molecular weight excluding hydrogens is 148 g/mol. The molecule has 0 bridgehead atoms. The molecule has 50 valence electrons. The molecule has 0 aromatic rings. The first-order valence-corrected chi connectivity index (χ1v) is 2.84. The van der Waals surface area contributed by atoms with Crippen LogP contribution in [0.2, 0.25) is 0 Å². The van der Waals surface area contributed by atoms with Crippen LogP contribution in [0.3, 0.4) is 0 Å². The number of rotatable bonds is 2. The second-order valence-electron chi connectivity index (χ2n) is 1.61. The molecule has 0 rings (SSSR count). The molecule has 5 N–H and O–H groups in total. The SMILES string of the molecule is CCC(N)(O)[C](N)=[Fe]. The third kappa shape index (κ3) is 2.03. The van der Waals surface area contributed by atoms with Crippen molar-refractivity contribution >= 4 is 4.54 Å². The summed E-state index contributed by atoms with van der Waals surface area (Å²) in [5.74, 6) is 0. The summed E-state index contributed by atoms with van der Waals surface area (Å²) in [5.41, 5.74) is 8.93. The summed E-state index contributed by atoms with van der Waals surface area (Å²) in [4.78, 5) is 0. The second-order valence-corrected chi connectivity index (χ2v) is 2.21. The van der Waals surface area contributed by atoms with Gasteiger partial charge in [0.25, 0.3) is 0 Å². The Morgan fingerprint density at radius 2 is 2.25 bits per heavy atom. The molecule has 0 heterocycles. The molecule has 0 saturated heterocycles. The molecule has 0 saturated carbocycles. The van der Waals surface area contributed by atoms with Crippen LogP contribution >= 0.6 is 0 Å². The maximum absolute atomic E-state index is 8.95. The Bertz CT molecular complexity index is 102. The molecular formula is C4H10FeN2O. The van der Waals surface area contributed by atoms with Gasteiger partial charge in [-0.2, -0.15) is 0 Å². The number of hydrogen-bond acceptors (Lipinski definition) is 3. The van der Waals surface area contributed by atoms with E-state index < -0.39 is 5.72 Å². The van der Waals surface area contributed by atoms with E-state index in [1.54, 1.807) is 6.92 Å². The Morgan fingerprint density at radius 3 is 2.25 bits per heavy atom. The van der Waals surface area contributed by atoms with E-state index in [0.717, 1.165) is 0 Å². The Kier molecular flexibility index (Phi) is 2.80. The van der Waals surface area contributed by atoms with Crippen molar-refractivity contribution < 1.29 is 20.7 Å². The standard InChI is InChI=1S/C4H10N2O.Fe/c1-2-4(6,7)3-5;/h7H,2,5-6H2,1H3;. The molecule has 0 aliphatic rings. The van der Waals surface area contributed by atoms with Crippen molar-refractivity contribution in [2.45, 2.75) is 19.1 Å². The van der Waals surface area contributed by atoms with Gasteiger partial charge < -0.3 is 0 Å². The van der Waals surface area contributed by atoms with Gasteiger partial charge in [-0.15, -0.1) is 0 Å². The maximum atomic E-state index is 8.95. The van der Waals surface area contributed by atoms with Gasteiger partial charge in [-0.25, -0.2) is 0 Å². The quantitative estimate of drug-likeness (QED) is 0.344. The zero-order valence-corrected chi connectivity index (χ0v) is 5.77. The Hall–Kier alpha value is 0.269. The van der Waals surface area contributed by atoms with E-state index in [9.17, 15) is 0 Å². The topological polar surface area (TPSA) is 72.3 Å². The molecule has 0 radical (unpaired) electrons. The molecule has 0 fully saturated rings. The first kappa shape index (κ1) is 8.27. The second kappa shape index (κ2) is 2.71. The zero-order valence-electron chi connectivity index (χ0n) is 4.66. The van der Waals surface area contributed by atoms with Crippen molar-refractivity contribution in [2.75, 3.05) is 0 Å². The summed E-state index contributed by atoms with van der Waals surface area (Å²) in [6.45, 7) is 1.73. The van der Waals surface area contributed by atoms with Gasteiger partial charge in [-0.3, -0.25) is 0 Å². The van der Waals surface area contributed by atoms with Gasteiger partial charge in [0.2, 0.25) is 0 Å². The molecule has 1 unspecified atom stereocenters. The molecule has 0 aromatic heterocycles. The summed E-state index contributed by atoms with van der Waals surface area (Å²) in [6.07, 6.45) is 0.391. The first-order valence-electron chi connectivity index (χ1n) is 2.29. The van der Waals surface area contributed by atoms with Crippen LogP contribution in [0.25, 0.3) is 0 Å². The van der Waals surface area contributed by atoms with Crippen molar-refractivity contribution in [3.05, 3.63) is 0 Å². The van der Waals surface area contributed by atoms with E-state index in [1.165, 1.54) is 0 Å². The van der Waals surface area contributed by atoms with Gasteiger partial charge in [0.15, 0.2) is 0 Å². The fourth-order valence-corrected chi connectivity index (χ4v) is 0.360. The Morgan fingerprint density at radius 1 is 1.88 bits per heavy atom. The van der Waals surface area contributed by atoms with Gasteiger partial charge >= 0.3 is 55.8 Å². The number of nitrogens with two attached hydrogens (primary N) is 2. The number of aliphatic hydroxyl groups is 1. The summed E-state index contributed by atoms with van der Waals surface area (Å²) < 4.78 is 0.111. The van der Waals surface area contributed by atoms with Crippen molar-refractivity contribution in [2.24, 2.45) is 11.5 Å². The van der Waals surface area contributed by atoms with Crippen molar-refractivity contribution in [1.82, 2.24) is 0 Å². The fraction of sp³-hybridized carbons (Fsp3) is 0.750. The Labute approximate surface area is 56.4 Å². The van der Waals surface area contributed by atoms with Crippen molar-refractivity contribution in [1.29, 1.82) is 0 Å². The van der Waals surface area contributed by atoms with E-state index in [0.29, 0.717) is 6.42 Å². The molecule has 8 heavy (non-hydrogen) atoms. The van der Waals surface area contributed by atoms with Gasteiger partial charge in [-0.05, 0) is 0 Å².